The van der Waals surface area contributed by atoms with E-state index in [0.717, 1.165) is 16.7 Å². The Morgan fingerprint density at radius 3 is 2.16 bits per heavy atom. The Morgan fingerprint density at radius 2 is 1.55 bits per heavy atom. The highest BCUT2D eigenvalue weighted by Crippen LogP contribution is 2.32. The molecule has 0 aromatic heterocycles. The van der Waals surface area contributed by atoms with Gasteiger partial charge in [0.15, 0.2) is 0 Å². The second-order valence-electron chi connectivity index (χ2n) is 8.10. The number of phenols is 1. The number of carbonyl (C=O) groups excluding carboxylic acids is 2. The Labute approximate surface area is 181 Å². The fourth-order valence-corrected chi connectivity index (χ4v) is 3.88. The number of benzene rings is 3. The first-order chi connectivity index (χ1) is 14.9. The lowest BCUT2D eigenvalue weighted by Gasteiger charge is -2.19. The quantitative estimate of drug-likeness (QED) is 0.594. The fourth-order valence-electron chi connectivity index (χ4n) is 3.88. The van der Waals surface area contributed by atoms with Crippen molar-refractivity contribution in [3.63, 3.8) is 0 Å². The minimum Gasteiger partial charge on any atom is -0.507 e. The molecule has 0 aliphatic carbocycles. The largest absolute Gasteiger partial charge is 0.507 e. The standard InChI is InChI=1S/C26H25NO4/c1-17(2)21-12-23(25(29)27-14-19-10-6-7-11-20(19)15-27)24(28)13-22(21)26(30)31-16-18-8-4-3-5-9-18/h3-13,17,28H,14-16H2,1-2H3. The summed E-state index contributed by atoms with van der Waals surface area (Å²) in [5.41, 5.74) is 4.27. The number of carbonyl (C=O) groups is 2. The number of nitrogens with zero attached hydrogens (tertiary/aromatic N) is 1. The number of fused-ring (bicyclic) bond motifs is 1. The summed E-state index contributed by atoms with van der Waals surface area (Å²) >= 11 is 0. The van der Waals surface area contributed by atoms with Gasteiger partial charge in [0.25, 0.3) is 5.91 Å². The first kappa shape index (κ1) is 20.7. The van der Waals surface area contributed by atoms with Crippen LogP contribution in [-0.4, -0.2) is 21.9 Å². The van der Waals surface area contributed by atoms with E-state index in [9.17, 15) is 14.7 Å². The van der Waals surface area contributed by atoms with Crippen LogP contribution in [-0.2, 0) is 24.4 Å². The molecule has 5 nitrogen and oxygen atoms in total. The maximum atomic E-state index is 13.2. The number of rotatable bonds is 5. The second kappa shape index (κ2) is 8.64. The Balaban J connectivity index is 1.57. The zero-order chi connectivity index (χ0) is 22.0. The Bertz CT molecular complexity index is 1100. The molecule has 0 spiro atoms. The number of esters is 1. The highest BCUT2D eigenvalue weighted by Gasteiger charge is 2.28. The average Bonchev–Trinajstić information content (AvgIpc) is 3.21. The van der Waals surface area contributed by atoms with Gasteiger partial charge < -0.3 is 14.7 Å². The summed E-state index contributed by atoms with van der Waals surface area (Å²) in [5.74, 6) is -1.01. The molecule has 0 saturated carbocycles. The smallest absolute Gasteiger partial charge is 0.338 e. The monoisotopic (exact) mass is 415 g/mol. The molecular formula is C26H25NO4. The van der Waals surface area contributed by atoms with Gasteiger partial charge in [-0.15, -0.1) is 0 Å². The summed E-state index contributed by atoms with van der Waals surface area (Å²) in [7, 11) is 0. The first-order valence-corrected chi connectivity index (χ1v) is 10.4. The molecule has 5 heteroatoms. The third-order valence-electron chi connectivity index (χ3n) is 5.58. The van der Waals surface area contributed by atoms with Gasteiger partial charge in [-0.2, -0.15) is 0 Å². The van der Waals surface area contributed by atoms with Crippen LogP contribution in [0.5, 0.6) is 5.75 Å². The molecule has 0 saturated heterocycles. The van der Waals surface area contributed by atoms with Crippen LogP contribution in [0.25, 0.3) is 0 Å². The SMILES string of the molecule is CC(C)c1cc(C(=O)N2Cc3ccccc3C2)c(O)cc1C(=O)OCc1ccccc1. The molecule has 0 unspecified atom stereocenters. The van der Waals surface area contributed by atoms with Crippen molar-refractivity contribution in [3.05, 3.63) is 100 Å². The number of aromatic hydroxyl groups is 1. The third-order valence-corrected chi connectivity index (χ3v) is 5.58. The molecule has 0 radical (unpaired) electrons. The van der Waals surface area contributed by atoms with Gasteiger partial charge in [0.2, 0.25) is 0 Å². The normalized spacial score (nSPS) is 12.7. The Kier molecular flexibility index (Phi) is 5.76. The van der Waals surface area contributed by atoms with Gasteiger partial charge in [0.05, 0.1) is 11.1 Å². The molecule has 0 atom stereocenters. The fraction of sp³-hybridized carbons (Fsp3) is 0.231. The predicted molar refractivity (Wildman–Crippen MR) is 118 cm³/mol. The van der Waals surface area contributed by atoms with Crippen LogP contribution in [0.3, 0.4) is 0 Å². The number of amides is 1. The second-order valence-corrected chi connectivity index (χ2v) is 8.10. The summed E-state index contributed by atoms with van der Waals surface area (Å²) in [6.45, 7) is 5.05. The van der Waals surface area contributed by atoms with Crippen LogP contribution in [0.2, 0.25) is 0 Å². The molecule has 1 heterocycles. The highest BCUT2D eigenvalue weighted by atomic mass is 16.5. The number of hydrogen-bond acceptors (Lipinski definition) is 4. The minimum absolute atomic E-state index is 0.0257. The lowest BCUT2D eigenvalue weighted by molar-refractivity contribution is 0.0470. The van der Waals surface area contributed by atoms with Crippen molar-refractivity contribution < 1.29 is 19.4 Å². The molecule has 0 bridgehead atoms. The lowest BCUT2D eigenvalue weighted by atomic mass is 9.94. The maximum Gasteiger partial charge on any atom is 0.338 e. The summed E-state index contributed by atoms with van der Waals surface area (Å²) in [6, 6.07) is 20.3. The van der Waals surface area contributed by atoms with Gasteiger partial charge in [0.1, 0.15) is 12.4 Å². The van der Waals surface area contributed by atoms with Crippen molar-refractivity contribution in [2.75, 3.05) is 0 Å². The van der Waals surface area contributed by atoms with Gasteiger partial charge >= 0.3 is 5.97 Å². The van der Waals surface area contributed by atoms with E-state index in [1.165, 1.54) is 6.07 Å². The van der Waals surface area contributed by atoms with E-state index in [-0.39, 0.29) is 35.3 Å². The zero-order valence-corrected chi connectivity index (χ0v) is 17.7. The molecule has 158 valence electrons. The van der Waals surface area contributed by atoms with Gasteiger partial charge in [-0.25, -0.2) is 4.79 Å². The molecule has 1 aliphatic rings. The lowest BCUT2D eigenvalue weighted by Crippen LogP contribution is -2.26. The van der Waals surface area contributed by atoms with Crippen molar-refractivity contribution in [3.8, 4) is 5.75 Å². The van der Waals surface area contributed by atoms with Crippen molar-refractivity contribution in [2.24, 2.45) is 0 Å². The maximum absolute atomic E-state index is 13.2. The van der Waals surface area contributed by atoms with Crippen LogP contribution in [0.1, 0.15) is 62.7 Å². The topological polar surface area (TPSA) is 66.8 Å². The van der Waals surface area contributed by atoms with Crippen LogP contribution in [0.15, 0.2) is 66.7 Å². The van der Waals surface area contributed by atoms with Crippen molar-refractivity contribution in [1.29, 1.82) is 0 Å². The minimum atomic E-state index is -0.518. The third kappa shape index (κ3) is 4.31. The van der Waals surface area contributed by atoms with Gasteiger partial charge in [0, 0.05) is 13.1 Å². The molecule has 0 fully saturated rings. The molecule has 3 aromatic rings. The first-order valence-electron chi connectivity index (χ1n) is 10.4. The molecule has 4 rings (SSSR count). The number of ether oxygens (including phenoxy) is 1. The summed E-state index contributed by atoms with van der Waals surface area (Å²) in [5, 5.41) is 10.6. The molecule has 31 heavy (non-hydrogen) atoms. The molecule has 1 aliphatic heterocycles. The van der Waals surface area contributed by atoms with E-state index in [0.29, 0.717) is 18.7 Å². The van der Waals surface area contributed by atoms with Crippen molar-refractivity contribution in [2.45, 2.75) is 39.5 Å². The molecule has 1 amide bonds. The number of phenolic OH excluding ortho intramolecular Hbond substituents is 1. The van der Waals surface area contributed by atoms with Crippen LogP contribution >= 0.6 is 0 Å². The summed E-state index contributed by atoms with van der Waals surface area (Å²) in [4.78, 5) is 27.6. The Morgan fingerprint density at radius 1 is 0.935 bits per heavy atom. The van der Waals surface area contributed by atoms with E-state index in [1.54, 1.807) is 11.0 Å². The van der Waals surface area contributed by atoms with Gasteiger partial charge in [-0.05, 0) is 40.3 Å². The van der Waals surface area contributed by atoms with Crippen LogP contribution in [0.4, 0.5) is 0 Å². The summed E-state index contributed by atoms with van der Waals surface area (Å²) < 4.78 is 5.46. The van der Waals surface area contributed by atoms with E-state index < -0.39 is 5.97 Å². The zero-order valence-electron chi connectivity index (χ0n) is 17.7. The van der Waals surface area contributed by atoms with Crippen molar-refractivity contribution >= 4 is 11.9 Å². The van der Waals surface area contributed by atoms with E-state index in [4.69, 9.17) is 4.74 Å². The van der Waals surface area contributed by atoms with Gasteiger partial charge in [-0.3, -0.25) is 4.79 Å². The summed E-state index contributed by atoms with van der Waals surface area (Å²) in [6.07, 6.45) is 0. The number of hydrogen-bond donors (Lipinski definition) is 1. The Hall–Kier alpha value is -3.60. The predicted octanol–water partition coefficient (Wildman–Crippen LogP) is 5.03. The molecule has 1 N–H and O–H groups in total. The average molecular weight is 415 g/mol. The van der Waals surface area contributed by atoms with E-state index in [2.05, 4.69) is 0 Å². The van der Waals surface area contributed by atoms with Crippen molar-refractivity contribution in [1.82, 2.24) is 4.90 Å². The van der Waals surface area contributed by atoms with Crippen LogP contribution < -0.4 is 0 Å². The molecule has 3 aromatic carbocycles. The highest BCUT2D eigenvalue weighted by molar-refractivity contribution is 6.00. The van der Waals surface area contributed by atoms with Crippen LogP contribution in [0, 0.1) is 0 Å². The van der Waals surface area contributed by atoms with E-state index >= 15 is 0 Å². The van der Waals surface area contributed by atoms with E-state index in [1.807, 2.05) is 68.4 Å². The van der Waals surface area contributed by atoms with Gasteiger partial charge in [-0.1, -0.05) is 68.4 Å². The molecular weight excluding hydrogens is 390 g/mol.